The zero-order valence-electron chi connectivity index (χ0n) is 15.7. The quantitative estimate of drug-likeness (QED) is 0.748. The van der Waals surface area contributed by atoms with E-state index in [9.17, 15) is 9.59 Å². The van der Waals surface area contributed by atoms with Gasteiger partial charge in [0.2, 0.25) is 5.91 Å². The second kappa shape index (κ2) is 8.60. The third-order valence-corrected chi connectivity index (χ3v) is 5.86. The van der Waals surface area contributed by atoms with Gasteiger partial charge >= 0.3 is 0 Å². The molecule has 1 unspecified atom stereocenters. The minimum absolute atomic E-state index is 0.0970. The number of nitrogens with zero attached hydrogens (tertiary/aromatic N) is 2. The van der Waals surface area contributed by atoms with Crippen LogP contribution >= 0.6 is 0 Å². The predicted molar refractivity (Wildman–Crippen MR) is 99.4 cm³/mol. The van der Waals surface area contributed by atoms with Gasteiger partial charge in [0.05, 0.1) is 11.1 Å². The summed E-state index contributed by atoms with van der Waals surface area (Å²) in [6, 6.07) is 0. The lowest BCUT2D eigenvalue weighted by molar-refractivity contribution is -0.121. The van der Waals surface area contributed by atoms with Gasteiger partial charge in [-0.1, -0.05) is 32.1 Å². The summed E-state index contributed by atoms with van der Waals surface area (Å²) >= 11 is 0. The third kappa shape index (κ3) is 5.26. The summed E-state index contributed by atoms with van der Waals surface area (Å²) in [5.74, 6) is 1.04. The van der Waals surface area contributed by atoms with Crippen molar-refractivity contribution in [2.45, 2.75) is 70.3 Å². The molecule has 1 aromatic heterocycles. The summed E-state index contributed by atoms with van der Waals surface area (Å²) < 4.78 is 0. The van der Waals surface area contributed by atoms with Crippen molar-refractivity contribution in [2.24, 2.45) is 11.8 Å². The van der Waals surface area contributed by atoms with Crippen LogP contribution in [0, 0.1) is 11.8 Å². The molecule has 2 fully saturated rings. The van der Waals surface area contributed by atoms with Crippen LogP contribution in [0.5, 0.6) is 0 Å². The molecule has 2 saturated carbocycles. The van der Waals surface area contributed by atoms with Crippen molar-refractivity contribution in [3.63, 3.8) is 0 Å². The summed E-state index contributed by atoms with van der Waals surface area (Å²) in [6.45, 7) is 2.49. The summed E-state index contributed by atoms with van der Waals surface area (Å²) in [5, 5.41) is 6.15. The van der Waals surface area contributed by atoms with Gasteiger partial charge in [0.1, 0.15) is 6.33 Å². The molecule has 0 radical (unpaired) electrons. The molecule has 26 heavy (non-hydrogen) atoms. The molecule has 2 amide bonds. The average molecular weight is 358 g/mol. The Morgan fingerprint density at radius 1 is 1.12 bits per heavy atom. The number of carbonyl (C=O) groups is 2. The maximum absolute atomic E-state index is 12.5. The van der Waals surface area contributed by atoms with E-state index in [4.69, 9.17) is 0 Å². The predicted octanol–water partition coefficient (Wildman–Crippen LogP) is 2.85. The Morgan fingerprint density at radius 3 is 2.46 bits per heavy atom. The highest BCUT2D eigenvalue weighted by molar-refractivity contribution is 5.94. The van der Waals surface area contributed by atoms with Crippen molar-refractivity contribution < 1.29 is 9.59 Å². The van der Waals surface area contributed by atoms with E-state index in [0.717, 1.165) is 19.3 Å². The first-order chi connectivity index (χ1) is 12.6. The number of rotatable bonds is 8. The molecule has 1 aromatic rings. The van der Waals surface area contributed by atoms with Crippen LogP contribution in [0.25, 0.3) is 0 Å². The van der Waals surface area contributed by atoms with Crippen LogP contribution in [-0.4, -0.2) is 33.9 Å². The van der Waals surface area contributed by atoms with Crippen LogP contribution in [0.15, 0.2) is 18.7 Å². The number of hydrogen-bond acceptors (Lipinski definition) is 4. The Hall–Kier alpha value is -1.98. The molecule has 1 atom stereocenters. The number of hydrogen-bond donors (Lipinski definition) is 2. The van der Waals surface area contributed by atoms with E-state index in [1.54, 1.807) is 0 Å². The minimum Gasteiger partial charge on any atom is -0.354 e. The van der Waals surface area contributed by atoms with Gasteiger partial charge in [-0.15, -0.1) is 0 Å². The number of carbonyl (C=O) groups excluding carboxylic acids is 2. The Kier molecular flexibility index (Phi) is 6.22. The molecule has 2 N–H and O–H groups in total. The van der Waals surface area contributed by atoms with Gasteiger partial charge in [-0.05, 0) is 38.0 Å². The van der Waals surface area contributed by atoms with Gasteiger partial charge in [-0.25, -0.2) is 9.97 Å². The van der Waals surface area contributed by atoms with E-state index in [2.05, 4.69) is 20.6 Å². The second-order valence-electron chi connectivity index (χ2n) is 8.09. The van der Waals surface area contributed by atoms with Crippen LogP contribution in [0.4, 0.5) is 0 Å². The molecular weight excluding hydrogens is 328 g/mol. The molecule has 1 heterocycles. The monoisotopic (exact) mass is 358 g/mol. The molecular formula is C20H30N4O2. The van der Waals surface area contributed by atoms with Gasteiger partial charge in [0.15, 0.2) is 0 Å². The van der Waals surface area contributed by atoms with Crippen LogP contribution in [0.1, 0.15) is 75.1 Å². The second-order valence-corrected chi connectivity index (χ2v) is 8.09. The molecule has 3 rings (SSSR count). The number of aromatic nitrogens is 2. The standard InChI is InChI=1S/C20H30N4O2/c1-20(17-8-9-17,24-19(26)16-11-21-14-22-12-16)13-23-18(25)10-7-15-5-3-2-4-6-15/h11-12,14-15,17H,2-10,13H2,1H3,(H,23,25)(H,24,26). The summed E-state index contributed by atoms with van der Waals surface area (Å²) in [6.07, 6.45) is 14.7. The van der Waals surface area contributed by atoms with Crippen molar-refractivity contribution in [1.82, 2.24) is 20.6 Å². The highest BCUT2D eigenvalue weighted by atomic mass is 16.2. The lowest BCUT2D eigenvalue weighted by Gasteiger charge is -2.31. The Labute approximate surface area is 155 Å². The number of amides is 2. The lowest BCUT2D eigenvalue weighted by Crippen LogP contribution is -2.55. The van der Waals surface area contributed by atoms with E-state index in [-0.39, 0.29) is 11.8 Å². The van der Waals surface area contributed by atoms with Crippen LogP contribution < -0.4 is 10.6 Å². The first kappa shape index (κ1) is 18.8. The van der Waals surface area contributed by atoms with E-state index < -0.39 is 5.54 Å². The molecule has 0 spiro atoms. The zero-order chi connectivity index (χ0) is 18.4. The minimum atomic E-state index is -0.423. The third-order valence-electron chi connectivity index (χ3n) is 5.86. The molecule has 2 aliphatic rings. The normalized spacial score (nSPS) is 20.2. The van der Waals surface area contributed by atoms with Crippen molar-refractivity contribution in [2.75, 3.05) is 6.54 Å². The molecule has 142 valence electrons. The van der Waals surface area contributed by atoms with Gasteiger partial charge in [-0.3, -0.25) is 9.59 Å². The van der Waals surface area contributed by atoms with Gasteiger partial charge in [-0.2, -0.15) is 0 Å². The largest absolute Gasteiger partial charge is 0.354 e. The molecule has 6 nitrogen and oxygen atoms in total. The summed E-state index contributed by atoms with van der Waals surface area (Å²) in [5.41, 5.74) is 0.0240. The van der Waals surface area contributed by atoms with Crippen molar-refractivity contribution in [3.05, 3.63) is 24.3 Å². The highest BCUT2D eigenvalue weighted by Gasteiger charge is 2.42. The first-order valence-electron chi connectivity index (χ1n) is 9.91. The molecule has 0 bridgehead atoms. The Balaban J connectivity index is 1.48. The molecule has 0 aromatic carbocycles. The van der Waals surface area contributed by atoms with E-state index in [1.165, 1.54) is 50.8 Å². The number of nitrogens with one attached hydrogen (secondary N) is 2. The fourth-order valence-corrected chi connectivity index (χ4v) is 3.94. The average Bonchev–Trinajstić information content (AvgIpc) is 3.52. The van der Waals surface area contributed by atoms with Gasteiger partial charge in [0, 0.05) is 25.4 Å². The molecule has 0 aliphatic heterocycles. The fraction of sp³-hybridized carbons (Fsp3) is 0.700. The fourth-order valence-electron chi connectivity index (χ4n) is 3.94. The van der Waals surface area contributed by atoms with Crippen LogP contribution in [0.3, 0.4) is 0 Å². The zero-order valence-corrected chi connectivity index (χ0v) is 15.7. The van der Waals surface area contributed by atoms with E-state index in [0.29, 0.717) is 30.4 Å². The maximum atomic E-state index is 12.5. The first-order valence-corrected chi connectivity index (χ1v) is 9.91. The SMILES string of the molecule is CC(CNC(=O)CCC1CCCCC1)(NC(=O)c1cncnc1)C1CC1. The molecule has 2 aliphatic carbocycles. The van der Waals surface area contributed by atoms with Crippen molar-refractivity contribution >= 4 is 11.8 Å². The highest BCUT2D eigenvalue weighted by Crippen LogP contribution is 2.39. The summed E-state index contributed by atoms with van der Waals surface area (Å²) in [7, 11) is 0. The molecule has 0 saturated heterocycles. The van der Waals surface area contributed by atoms with E-state index >= 15 is 0 Å². The van der Waals surface area contributed by atoms with Crippen molar-refractivity contribution in [1.29, 1.82) is 0 Å². The summed E-state index contributed by atoms with van der Waals surface area (Å²) in [4.78, 5) is 32.5. The van der Waals surface area contributed by atoms with E-state index in [1.807, 2.05) is 6.92 Å². The smallest absolute Gasteiger partial charge is 0.254 e. The lowest BCUT2D eigenvalue weighted by atomic mass is 9.86. The van der Waals surface area contributed by atoms with Gasteiger partial charge < -0.3 is 10.6 Å². The van der Waals surface area contributed by atoms with Crippen LogP contribution in [0.2, 0.25) is 0 Å². The maximum Gasteiger partial charge on any atom is 0.254 e. The molecule has 6 heteroatoms. The van der Waals surface area contributed by atoms with Crippen molar-refractivity contribution in [3.8, 4) is 0 Å². The topological polar surface area (TPSA) is 84.0 Å². The van der Waals surface area contributed by atoms with Crippen LogP contribution in [-0.2, 0) is 4.79 Å². The Morgan fingerprint density at radius 2 is 1.81 bits per heavy atom. The Bertz CT molecular complexity index is 611. The van der Waals surface area contributed by atoms with Gasteiger partial charge in [0.25, 0.3) is 5.91 Å².